The molecule has 0 fully saturated rings. The van der Waals surface area contributed by atoms with E-state index < -0.39 is 0 Å². The number of aromatic nitrogens is 3. The maximum Gasteiger partial charge on any atom is 0.254 e. The van der Waals surface area contributed by atoms with Crippen LogP contribution in [0.2, 0.25) is 5.02 Å². The molecule has 0 saturated carbocycles. The molecular formula is C12H13ClN4O. The highest BCUT2D eigenvalue weighted by atomic mass is 35.5. The summed E-state index contributed by atoms with van der Waals surface area (Å²) < 4.78 is 1.76. The second-order valence-electron chi connectivity index (χ2n) is 3.96. The van der Waals surface area contributed by atoms with E-state index in [-0.39, 0.29) is 11.9 Å². The average Bonchev–Trinajstić information content (AvgIpc) is 2.82. The van der Waals surface area contributed by atoms with Crippen LogP contribution in [0.15, 0.2) is 36.9 Å². The van der Waals surface area contributed by atoms with Crippen LogP contribution >= 0.6 is 11.6 Å². The normalized spacial score (nSPS) is 12.1. The van der Waals surface area contributed by atoms with Crippen LogP contribution in [-0.2, 0) is 6.54 Å². The zero-order chi connectivity index (χ0) is 13.0. The van der Waals surface area contributed by atoms with Crippen LogP contribution in [0.25, 0.3) is 0 Å². The number of pyridine rings is 1. The smallest absolute Gasteiger partial charge is 0.254 e. The van der Waals surface area contributed by atoms with E-state index in [1.807, 2.05) is 19.2 Å². The Morgan fingerprint density at radius 3 is 3.06 bits per heavy atom. The van der Waals surface area contributed by atoms with Crippen molar-refractivity contribution in [3.05, 3.63) is 47.5 Å². The Labute approximate surface area is 110 Å². The van der Waals surface area contributed by atoms with Gasteiger partial charge in [-0.05, 0) is 19.1 Å². The fraction of sp³-hybridized carbons (Fsp3) is 0.250. The van der Waals surface area contributed by atoms with Gasteiger partial charge in [0.05, 0.1) is 17.1 Å². The van der Waals surface area contributed by atoms with Gasteiger partial charge in [0.25, 0.3) is 5.91 Å². The summed E-state index contributed by atoms with van der Waals surface area (Å²) in [6, 6.07) is 3.38. The summed E-state index contributed by atoms with van der Waals surface area (Å²) in [6.45, 7) is 2.51. The van der Waals surface area contributed by atoms with E-state index in [2.05, 4.69) is 15.4 Å². The van der Waals surface area contributed by atoms with Gasteiger partial charge >= 0.3 is 0 Å². The molecule has 0 saturated heterocycles. The first kappa shape index (κ1) is 12.6. The average molecular weight is 265 g/mol. The SMILES string of the molecule is CC(Cn1cccn1)NC(=O)c1cnccc1Cl. The standard InChI is InChI=1S/C12H13ClN4O/c1-9(8-17-6-2-4-15-17)16-12(18)10-7-14-5-3-11(10)13/h2-7,9H,8H2,1H3,(H,16,18). The van der Waals surface area contributed by atoms with Crippen molar-refractivity contribution in [1.82, 2.24) is 20.1 Å². The predicted molar refractivity (Wildman–Crippen MR) is 68.4 cm³/mol. The zero-order valence-corrected chi connectivity index (χ0v) is 10.6. The first-order chi connectivity index (χ1) is 8.66. The van der Waals surface area contributed by atoms with Crippen molar-refractivity contribution >= 4 is 17.5 Å². The van der Waals surface area contributed by atoms with E-state index in [1.165, 1.54) is 6.20 Å². The first-order valence-corrected chi connectivity index (χ1v) is 5.92. The van der Waals surface area contributed by atoms with Crippen LogP contribution in [0, 0.1) is 0 Å². The van der Waals surface area contributed by atoms with Gasteiger partial charge in [0, 0.05) is 30.8 Å². The second-order valence-corrected chi connectivity index (χ2v) is 4.37. The van der Waals surface area contributed by atoms with Crippen molar-refractivity contribution in [3.63, 3.8) is 0 Å². The van der Waals surface area contributed by atoms with Gasteiger partial charge in [-0.15, -0.1) is 0 Å². The van der Waals surface area contributed by atoms with Crippen molar-refractivity contribution in [2.45, 2.75) is 19.5 Å². The molecule has 0 radical (unpaired) electrons. The number of hydrogen-bond acceptors (Lipinski definition) is 3. The highest BCUT2D eigenvalue weighted by Crippen LogP contribution is 2.13. The molecule has 2 aromatic heterocycles. The lowest BCUT2D eigenvalue weighted by atomic mass is 10.2. The van der Waals surface area contributed by atoms with E-state index in [1.54, 1.807) is 23.1 Å². The first-order valence-electron chi connectivity index (χ1n) is 5.54. The van der Waals surface area contributed by atoms with Crippen LogP contribution < -0.4 is 5.32 Å². The molecule has 0 aliphatic rings. The maximum atomic E-state index is 11.9. The molecule has 1 unspecified atom stereocenters. The molecule has 0 spiro atoms. The Morgan fingerprint density at radius 1 is 1.56 bits per heavy atom. The predicted octanol–water partition coefficient (Wildman–Crippen LogP) is 1.75. The van der Waals surface area contributed by atoms with E-state index in [0.717, 1.165) is 0 Å². The third kappa shape index (κ3) is 3.07. The summed E-state index contributed by atoms with van der Waals surface area (Å²) >= 11 is 5.93. The van der Waals surface area contributed by atoms with Crippen LogP contribution in [0.3, 0.4) is 0 Å². The summed E-state index contributed by atoms with van der Waals surface area (Å²) in [4.78, 5) is 15.8. The lowest BCUT2D eigenvalue weighted by Crippen LogP contribution is -2.36. The number of carbonyl (C=O) groups is 1. The molecule has 1 N–H and O–H groups in total. The number of hydrogen-bond donors (Lipinski definition) is 1. The van der Waals surface area contributed by atoms with E-state index in [9.17, 15) is 4.79 Å². The molecular weight excluding hydrogens is 252 g/mol. The van der Waals surface area contributed by atoms with Crippen LogP contribution in [0.1, 0.15) is 17.3 Å². The minimum atomic E-state index is -0.229. The molecule has 1 amide bonds. The third-order valence-electron chi connectivity index (χ3n) is 2.41. The number of nitrogens with zero attached hydrogens (tertiary/aromatic N) is 3. The van der Waals surface area contributed by atoms with Crippen LogP contribution in [0.4, 0.5) is 0 Å². The van der Waals surface area contributed by atoms with Gasteiger partial charge in [-0.25, -0.2) is 0 Å². The fourth-order valence-electron chi connectivity index (χ4n) is 1.58. The molecule has 2 heterocycles. The van der Waals surface area contributed by atoms with E-state index in [4.69, 9.17) is 11.6 Å². The van der Waals surface area contributed by atoms with Crippen molar-refractivity contribution in [2.75, 3.05) is 0 Å². The highest BCUT2D eigenvalue weighted by molar-refractivity contribution is 6.33. The maximum absolute atomic E-state index is 11.9. The molecule has 2 rings (SSSR count). The number of nitrogens with one attached hydrogen (secondary N) is 1. The van der Waals surface area contributed by atoms with Gasteiger partial charge < -0.3 is 5.32 Å². The summed E-state index contributed by atoms with van der Waals surface area (Å²) in [6.07, 6.45) is 6.55. The van der Waals surface area contributed by atoms with E-state index in [0.29, 0.717) is 17.1 Å². The summed E-state index contributed by atoms with van der Waals surface area (Å²) in [5.74, 6) is -0.229. The number of halogens is 1. The van der Waals surface area contributed by atoms with Gasteiger partial charge in [0.2, 0.25) is 0 Å². The lowest BCUT2D eigenvalue weighted by molar-refractivity contribution is 0.0936. The monoisotopic (exact) mass is 264 g/mol. The highest BCUT2D eigenvalue weighted by Gasteiger charge is 2.13. The topological polar surface area (TPSA) is 59.8 Å². The number of rotatable bonds is 4. The number of carbonyl (C=O) groups excluding carboxylic acids is 1. The quantitative estimate of drug-likeness (QED) is 0.915. The summed E-state index contributed by atoms with van der Waals surface area (Å²) in [5.41, 5.74) is 0.381. The summed E-state index contributed by atoms with van der Waals surface area (Å²) in [5, 5.41) is 7.33. The van der Waals surface area contributed by atoms with Crippen LogP contribution in [0.5, 0.6) is 0 Å². The van der Waals surface area contributed by atoms with Crippen molar-refractivity contribution in [3.8, 4) is 0 Å². The van der Waals surface area contributed by atoms with Crippen molar-refractivity contribution < 1.29 is 4.79 Å². The Balaban J connectivity index is 1.97. The molecule has 5 nitrogen and oxygen atoms in total. The third-order valence-corrected chi connectivity index (χ3v) is 2.74. The molecule has 2 aromatic rings. The Bertz CT molecular complexity index is 527. The summed E-state index contributed by atoms with van der Waals surface area (Å²) in [7, 11) is 0. The van der Waals surface area contributed by atoms with Gasteiger partial charge in [-0.3, -0.25) is 14.5 Å². The van der Waals surface area contributed by atoms with Gasteiger partial charge in [-0.2, -0.15) is 5.10 Å². The Kier molecular flexibility index (Phi) is 3.94. The van der Waals surface area contributed by atoms with Gasteiger partial charge in [-0.1, -0.05) is 11.6 Å². The molecule has 0 aliphatic carbocycles. The number of amides is 1. The molecule has 1 atom stereocenters. The Morgan fingerprint density at radius 2 is 2.39 bits per heavy atom. The second kappa shape index (κ2) is 5.64. The zero-order valence-electron chi connectivity index (χ0n) is 9.88. The Hall–Kier alpha value is -1.88. The van der Waals surface area contributed by atoms with Gasteiger partial charge in [0.1, 0.15) is 0 Å². The molecule has 18 heavy (non-hydrogen) atoms. The van der Waals surface area contributed by atoms with Crippen molar-refractivity contribution in [1.29, 1.82) is 0 Å². The molecule has 0 aromatic carbocycles. The fourth-order valence-corrected chi connectivity index (χ4v) is 1.77. The molecule has 0 bridgehead atoms. The van der Waals surface area contributed by atoms with Gasteiger partial charge in [0.15, 0.2) is 0 Å². The molecule has 0 aliphatic heterocycles. The largest absolute Gasteiger partial charge is 0.348 e. The molecule has 94 valence electrons. The van der Waals surface area contributed by atoms with Crippen LogP contribution in [-0.4, -0.2) is 26.7 Å². The molecule has 6 heteroatoms. The van der Waals surface area contributed by atoms with Crippen molar-refractivity contribution in [2.24, 2.45) is 0 Å². The minimum Gasteiger partial charge on any atom is -0.348 e. The lowest BCUT2D eigenvalue weighted by Gasteiger charge is -2.14. The van der Waals surface area contributed by atoms with E-state index >= 15 is 0 Å². The minimum absolute atomic E-state index is 0.0475.